The SMILES string of the molecule is CC(C)OCc1cccc(C(C)(C)C)c1. The number of ether oxygens (including phenoxy) is 1. The third-order valence-electron chi connectivity index (χ3n) is 2.38. The molecule has 0 aliphatic rings. The largest absolute Gasteiger partial charge is 0.374 e. The van der Waals surface area contributed by atoms with Crippen molar-refractivity contribution < 1.29 is 4.74 Å². The highest BCUT2D eigenvalue weighted by Gasteiger charge is 2.13. The topological polar surface area (TPSA) is 9.23 Å². The van der Waals surface area contributed by atoms with E-state index >= 15 is 0 Å². The number of hydrogen-bond acceptors (Lipinski definition) is 1. The first-order valence-corrected chi connectivity index (χ1v) is 5.60. The molecule has 15 heavy (non-hydrogen) atoms. The number of rotatable bonds is 3. The molecule has 0 aliphatic heterocycles. The highest BCUT2D eigenvalue weighted by atomic mass is 16.5. The molecule has 0 saturated carbocycles. The maximum Gasteiger partial charge on any atom is 0.0720 e. The summed E-state index contributed by atoms with van der Waals surface area (Å²) in [5.74, 6) is 0. The van der Waals surface area contributed by atoms with Crippen LogP contribution in [0.3, 0.4) is 0 Å². The van der Waals surface area contributed by atoms with Crippen LogP contribution in [0.1, 0.15) is 45.7 Å². The van der Waals surface area contributed by atoms with Crippen molar-refractivity contribution >= 4 is 0 Å². The summed E-state index contributed by atoms with van der Waals surface area (Å²) in [7, 11) is 0. The molecular weight excluding hydrogens is 184 g/mol. The van der Waals surface area contributed by atoms with Gasteiger partial charge in [0.05, 0.1) is 12.7 Å². The molecule has 0 spiro atoms. The van der Waals surface area contributed by atoms with Gasteiger partial charge in [-0.15, -0.1) is 0 Å². The second kappa shape index (κ2) is 4.80. The van der Waals surface area contributed by atoms with Crippen LogP contribution in [0, 0.1) is 0 Å². The van der Waals surface area contributed by atoms with Crippen molar-refractivity contribution in [1.82, 2.24) is 0 Å². The first kappa shape index (κ1) is 12.3. The van der Waals surface area contributed by atoms with Gasteiger partial charge in [-0.2, -0.15) is 0 Å². The molecule has 84 valence electrons. The summed E-state index contributed by atoms with van der Waals surface area (Å²) in [4.78, 5) is 0. The Morgan fingerprint density at radius 1 is 1.20 bits per heavy atom. The molecule has 1 nitrogen and oxygen atoms in total. The molecule has 0 aliphatic carbocycles. The van der Waals surface area contributed by atoms with E-state index in [4.69, 9.17) is 4.74 Å². The Morgan fingerprint density at radius 2 is 1.87 bits per heavy atom. The van der Waals surface area contributed by atoms with Gasteiger partial charge in [-0.1, -0.05) is 45.0 Å². The van der Waals surface area contributed by atoms with Gasteiger partial charge in [0.1, 0.15) is 0 Å². The van der Waals surface area contributed by atoms with E-state index in [2.05, 4.69) is 58.9 Å². The molecule has 1 rings (SSSR count). The van der Waals surface area contributed by atoms with Crippen LogP contribution >= 0.6 is 0 Å². The Balaban J connectivity index is 2.75. The van der Waals surface area contributed by atoms with Gasteiger partial charge >= 0.3 is 0 Å². The molecule has 1 aromatic carbocycles. The van der Waals surface area contributed by atoms with E-state index in [0.29, 0.717) is 12.7 Å². The van der Waals surface area contributed by atoms with Gasteiger partial charge < -0.3 is 4.74 Å². The number of benzene rings is 1. The van der Waals surface area contributed by atoms with E-state index in [1.165, 1.54) is 11.1 Å². The predicted octanol–water partition coefficient (Wildman–Crippen LogP) is 3.91. The Kier molecular flexibility index (Phi) is 3.92. The maximum absolute atomic E-state index is 5.60. The molecule has 0 fully saturated rings. The first-order chi connectivity index (χ1) is 6.89. The van der Waals surface area contributed by atoms with Crippen molar-refractivity contribution in [2.75, 3.05) is 0 Å². The molecule has 0 saturated heterocycles. The Bertz CT molecular complexity index is 307. The fourth-order valence-corrected chi connectivity index (χ4v) is 1.39. The minimum atomic E-state index is 0.216. The molecule has 0 aromatic heterocycles. The standard InChI is InChI=1S/C14H22O/c1-11(2)15-10-12-7-6-8-13(9-12)14(3,4)5/h6-9,11H,10H2,1-5H3. The molecule has 0 atom stereocenters. The van der Waals surface area contributed by atoms with Crippen LogP contribution in [0.4, 0.5) is 0 Å². The summed E-state index contributed by atoms with van der Waals surface area (Å²) >= 11 is 0. The lowest BCUT2D eigenvalue weighted by Crippen LogP contribution is -2.11. The van der Waals surface area contributed by atoms with E-state index in [0.717, 1.165) is 0 Å². The third-order valence-corrected chi connectivity index (χ3v) is 2.38. The average molecular weight is 206 g/mol. The van der Waals surface area contributed by atoms with Gasteiger partial charge in [-0.05, 0) is 30.4 Å². The lowest BCUT2D eigenvalue weighted by Gasteiger charge is -2.20. The van der Waals surface area contributed by atoms with Crippen LogP contribution in [0.15, 0.2) is 24.3 Å². The van der Waals surface area contributed by atoms with Gasteiger partial charge in [0.25, 0.3) is 0 Å². The summed E-state index contributed by atoms with van der Waals surface area (Å²) in [6.45, 7) is 11.5. The van der Waals surface area contributed by atoms with Crippen molar-refractivity contribution in [1.29, 1.82) is 0 Å². The molecule has 0 amide bonds. The normalized spacial score (nSPS) is 12.1. The van der Waals surface area contributed by atoms with Crippen LogP contribution in [0.25, 0.3) is 0 Å². The fourth-order valence-electron chi connectivity index (χ4n) is 1.39. The molecule has 0 radical (unpaired) electrons. The Morgan fingerprint density at radius 3 is 2.40 bits per heavy atom. The van der Waals surface area contributed by atoms with Crippen LogP contribution in [-0.2, 0) is 16.8 Å². The van der Waals surface area contributed by atoms with Crippen molar-refractivity contribution in [3.05, 3.63) is 35.4 Å². The molecular formula is C14H22O. The predicted molar refractivity (Wildman–Crippen MR) is 65.1 cm³/mol. The average Bonchev–Trinajstić information content (AvgIpc) is 2.14. The smallest absolute Gasteiger partial charge is 0.0720 e. The zero-order valence-corrected chi connectivity index (χ0v) is 10.5. The van der Waals surface area contributed by atoms with Crippen LogP contribution in [0.2, 0.25) is 0 Å². The molecule has 0 heterocycles. The summed E-state index contributed by atoms with van der Waals surface area (Å²) in [6.07, 6.45) is 0.295. The molecule has 0 bridgehead atoms. The van der Waals surface area contributed by atoms with Gasteiger partial charge in [-0.25, -0.2) is 0 Å². The van der Waals surface area contributed by atoms with Crippen molar-refractivity contribution in [3.8, 4) is 0 Å². The first-order valence-electron chi connectivity index (χ1n) is 5.60. The molecule has 0 N–H and O–H groups in total. The van der Waals surface area contributed by atoms with Crippen molar-refractivity contribution in [2.45, 2.75) is 52.7 Å². The van der Waals surface area contributed by atoms with Gasteiger partial charge in [0.15, 0.2) is 0 Å². The third kappa shape index (κ3) is 4.05. The van der Waals surface area contributed by atoms with Crippen LogP contribution < -0.4 is 0 Å². The zero-order chi connectivity index (χ0) is 11.5. The van der Waals surface area contributed by atoms with Gasteiger partial charge in [0, 0.05) is 0 Å². The summed E-state index contributed by atoms with van der Waals surface area (Å²) in [6, 6.07) is 8.65. The molecule has 1 aromatic rings. The summed E-state index contributed by atoms with van der Waals surface area (Å²) in [5.41, 5.74) is 2.84. The lowest BCUT2D eigenvalue weighted by molar-refractivity contribution is 0.0656. The minimum Gasteiger partial charge on any atom is -0.374 e. The van der Waals surface area contributed by atoms with E-state index < -0.39 is 0 Å². The molecule has 1 heteroatoms. The van der Waals surface area contributed by atoms with E-state index in [1.54, 1.807) is 0 Å². The van der Waals surface area contributed by atoms with Crippen molar-refractivity contribution in [3.63, 3.8) is 0 Å². The van der Waals surface area contributed by atoms with Gasteiger partial charge in [-0.3, -0.25) is 0 Å². The monoisotopic (exact) mass is 206 g/mol. The number of hydrogen-bond donors (Lipinski definition) is 0. The highest BCUT2D eigenvalue weighted by Crippen LogP contribution is 2.23. The highest BCUT2D eigenvalue weighted by molar-refractivity contribution is 5.28. The van der Waals surface area contributed by atoms with Crippen molar-refractivity contribution in [2.24, 2.45) is 0 Å². The lowest BCUT2D eigenvalue weighted by atomic mass is 9.86. The van der Waals surface area contributed by atoms with Gasteiger partial charge in [0.2, 0.25) is 0 Å². The quantitative estimate of drug-likeness (QED) is 0.728. The summed E-state index contributed by atoms with van der Waals surface area (Å²) in [5, 5.41) is 0. The van der Waals surface area contributed by atoms with E-state index in [1.807, 2.05) is 0 Å². The van der Waals surface area contributed by atoms with E-state index in [-0.39, 0.29) is 5.41 Å². The fraction of sp³-hybridized carbons (Fsp3) is 0.571. The Hall–Kier alpha value is -0.820. The minimum absolute atomic E-state index is 0.216. The van der Waals surface area contributed by atoms with Crippen LogP contribution in [-0.4, -0.2) is 6.10 Å². The van der Waals surface area contributed by atoms with Crippen LogP contribution in [0.5, 0.6) is 0 Å². The van der Waals surface area contributed by atoms with E-state index in [9.17, 15) is 0 Å². The molecule has 0 unspecified atom stereocenters. The maximum atomic E-state index is 5.60. The zero-order valence-electron chi connectivity index (χ0n) is 10.5. The second-order valence-electron chi connectivity index (χ2n) is 5.31. The Labute approximate surface area is 93.5 Å². The summed E-state index contributed by atoms with van der Waals surface area (Å²) < 4.78 is 5.60. The second-order valence-corrected chi connectivity index (χ2v) is 5.31.